The highest BCUT2D eigenvalue weighted by Crippen LogP contribution is 2.35. The highest BCUT2D eigenvalue weighted by Gasteiger charge is 2.24. The van der Waals surface area contributed by atoms with Gasteiger partial charge in [0.1, 0.15) is 5.82 Å². The second-order valence-electron chi connectivity index (χ2n) is 5.27. The van der Waals surface area contributed by atoms with E-state index >= 15 is 0 Å². The molecule has 1 aliphatic carbocycles. The highest BCUT2D eigenvalue weighted by atomic mass is 32.1. The van der Waals surface area contributed by atoms with Crippen LogP contribution in [0.25, 0.3) is 0 Å². The first-order chi connectivity index (χ1) is 9.78. The van der Waals surface area contributed by atoms with Crippen LogP contribution in [0.5, 0.6) is 0 Å². The van der Waals surface area contributed by atoms with Gasteiger partial charge >= 0.3 is 0 Å². The van der Waals surface area contributed by atoms with Gasteiger partial charge in [0.05, 0.1) is 11.9 Å². The molecule has 1 aliphatic rings. The molecule has 0 radical (unpaired) electrons. The lowest BCUT2D eigenvalue weighted by atomic mass is 9.93. The molecule has 3 rings (SSSR count). The van der Waals surface area contributed by atoms with Gasteiger partial charge in [-0.1, -0.05) is 6.92 Å². The highest BCUT2D eigenvalue weighted by molar-refractivity contribution is 7.10. The van der Waals surface area contributed by atoms with Crippen LogP contribution in [0.15, 0.2) is 29.8 Å². The van der Waals surface area contributed by atoms with E-state index in [4.69, 9.17) is 0 Å². The van der Waals surface area contributed by atoms with Crippen molar-refractivity contribution in [3.8, 4) is 0 Å². The molecule has 2 nitrogen and oxygen atoms in total. The van der Waals surface area contributed by atoms with Gasteiger partial charge in [-0.2, -0.15) is 0 Å². The largest absolute Gasteiger partial charge is 0.302 e. The summed E-state index contributed by atoms with van der Waals surface area (Å²) in [5, 5.41) is 5.89. The quantitative estimate of drug-likeness (QED) is 0.902. The molecule has 0 aromatic carbocycles. The Morgan fingerprint density at radius 3 is 3.10 bits per heavy atom. The summed E-state index contributed by atoms with van der Waals surface area (Å²) >= 11 is 1.86. The van der Waals surface area contributed by atoms with Crippen LogP contribution >= 0.6 is 11.3 Å². The van der Waals surface area contributed by atoms with Gasteiger partial charge < -0.3 is 5.32 Å². The smallest absolute Gasteiger partial charge is 0.141 e. The van der Waals surface area contributed by atoms with Crippen molar-refractivity contribution >= 4 is 11.3 Å². The molecule has 0 bridgehead atoms. The summed E-state index contributed by atoms with van der Waals surface area (Å²) in [4.78, 5) is 5.73. The van der Waals surface area contributed by atoms with E-state index in [1.165, 1.54) is 42.0 Å². The zero-order chi connectivity index (χ0) is 13.9. The number of hydrogen-bond acceptors (Lipinski definition) is 3. The van der Waals surface area contributed by atoms with E-state index in [-0.39, 0.29) is 11.9 Å². The zero-order valence-electron chi connectivity index (χ0n) is 11.6. The Bertz CT molecular complexity index is 564. The average molecular weight is 290 g/mol. The Kier molecular flexibility index (Phi) is 4.13. The van der Waals surface area contributed by atoms with Crippen LogP contribution in [0, 0.1) is 5.82 Å². The predicted octanol–water partition coefficient (Wildman–Crippen LogP) is 4.40. The fourth-order valence-electron chi connectivity index (χ4n) is 2.91. The minimum absolute atomic E-state index is 0.187. The molecule has 4 heteroatoms. The maximum absolute atomic E-state index is 13.0. The van der Waals surface area contributed by atoms with Crippen LogP contribution in [0.4, 0.5) is 4.39 Å². The number of aromatic nitrogens is 1. The van der Waals surface area contributed by atoms with Gasteiger partial charge in [-0.15, -0.1) is 11.3 Å². The van der Waals surface area contributed by atoms with E-state index in [1.807, 2.05) is 11.3 Å². The number of pyridine rings is 1. The van der Waals surface area contributed by atoms with E-state index in [0.29, 0.717) is 6.04 Å². The van der Waals surface area contributed by atoms with E-state index in [0.717, 1.165) is 12.1 Å². The first-order valence-electron chi connectivity index (χ1n) is 7.21. The van der Waals surface area contributed by atoms with Crippen LogP contribution < -0.4 is 5.32 Å². The number of halogens is 1. The molecule has 2 aromatic rings. The second-order valence-corrected chi connectivity index (χ2v) is 6.27. The van der Waals surface area contributed by atoms with Crippen molar-refractivity contribution in [2.24, 2.45) is 0 Å². The topological polar surface area (TPSA) is 24.9 Å². The molecule has 0 amide bonds. The molecule has 0 aliphatic heterocycles. The number of hydrogen-bond donors (Lipinski definition) is 1. The summed E-state index contributed by atoms with van der Waals surface area (Å²) in [5.74, 6) is -0.276. The molecule has 2 aromatic heterocycles. The van der Waals surface area contributed by atoms with Gasteiger partial charge in [0, 0.05) is 17.0 Å². The lowest BCUT2D eigenvalue weighted by Gasteiger charge is -2.28. The molecule has 1 N–H and O–H groups in total. The first kappa shape index (κ1) is 13.7. The lowest BCUT2D eigenvalue weighted by Crippen LogP contribution is -2.28. The van der Waals surface area contributed by atoms with Crippen molar-refractivity contribution in [3.05, 3.63) is 51.7 Å². The molecule has 2 atom stereocenters. The van der Waals surface area contributed by atoms with E-state index in [2.05, 4.69) is 28.7 Å². The Morgan fingerprint density at radius 1 is 1.45 bits per heavy atom. The molecule has 106 valence electrons. The Labute approximate surface area is 123 Å². The minimum Gasteiger partial charge on any atom is -0.302 e. The molecule has 0 spiro atoms. The van der Waals surface area contributed by atoms with Crippen molar-refractivity contribution in [3.63, 3.8) is 0 Å². The van der Waals surface area contributed by atoms with Gasteiger partial charge in [-0.25, -0.2) is 4.39 Å². The third-order valence-corrected chi connectivity index (χ3v) is 4.97. The predicted molar refractivity (Wildman–Crippen MR) is 80.4 cm³/mol. The van der Waals surface area contributed by atoms with Gasteiger partial charge in [-0.3, -0.25) is 4.98 Å². The van der Waals surface area contributed by atoms with Gasteiger partial charge in [-0.05, 0) is 54.8 Å². The van der Waals surface area contributed by atoms with Crippen molar-refractivity contribution in [1.29, 1.82) is 0 Å². The van der Waals surface area contributed by atoms with Crippen LogP contribution in [-0.4, -0.2) is 4.98 Å². The van der Waals surface area contributed by atoms with Crippen molar-refractivity contribution in [2.75, 3.05) is 0 Å². The van der Waals surface area contributed by atoms with Crippen LogP contribution in [0.1, 0.15) is 54.4 Å². The van der Waals surface area contributed by atoms with Crippen molar-refractivity contribution in [2.45, 2.75) is 44.7 Å². The van der Waals surface area contributed by atoms with E-state index < -0.39 is 0 Å². The third-order valence-electron chi connectivity index (χ3n) is 3.97. The zero-order valence-corrected chi connectivity index (χ0v) is 12.4. The molecule has 0 fully saturated rings. The van der Waals surface area contributed by atoms with Gasteiger partial charge in [0.15, 0.2) is 0 Å². The maximum Gasteiger partial charge on any atom is 0.141 e. The fourth-order valence-corrected chi connectivity index (χ4v) is 3.90. The van der Waals surface area contributed by atoms with Crippen LogP contribution in [0.3, 0.4) is 0 Å². The first-order valence-corrected chi connectivity index (χ1v) is 8.09. The SMILES string of the molecule is CCC(NC1CCCc2sccc21)c1ccc(F)cn1. The van der Waals surface area contributed by atoms with Gasteiger partial charge in [0.2, 0.25) is 0 Å². The molecular weight excluding hydrogens is 271 g/mol. The van der Waals surface area contributed by atoms with E-state index in [1.54, 1.807) is 6.07 Å². The van der Waals surface area contributed by atoms with Crippen LogP contribution in [-0.2, 0) is 6.42 Å². The summed E-state index contributed by atoms with van der Waals surface area (Å²) in [6, 6.07) is 6.10. The average Bonchev–Trinajstić information content (AvgIpc) is 2.95. The number of fused-ring (bicyclic) bond motifs is 1. The Morgan fingerprint density at radius 2 is 2.35 bits per heavy atom. The molecule has 2 unspecified atom stereocenters. The molecule has 2 heterocycles. The summed E-state index contributed by atoms with van der Waals surface area (Å²) in [6.45, 7) is 2.14. The number of rotatable bonds is 4. The summed E-state index contributed by atoms with van der Waals surface area (Å²) in [5.41, 5.74) is 2.37. The lowest BCUT2D eigenvalue weighted by molar-refractivity contribution is 0.390. The molecule has 20 heavy (non-hydrogen) atoms. The standard InChI is InChI=1S/C16H19FN2S/c1-2-13(15-7-6-11(17)10-18-15)19-14-4-3-5-16-12(14)8-9-20-16/h6-10,13-14,19H,2-5H2,1H3. The molecular formula is C16H19FN2S. The number of aryl methyl sites for hydroxylation is 1. The van der Waals surface area contributed by atoms with Crippen molar-refractivity contribution < 1.29 is 4.39 Å². The number of nitrogens with zero attached hydrogens (tertiary/aromatic N) is 1. The fraction of sp³-hybridized carbons (Fsp3) is 0.438. The maximum atomic E-state index is 13.0. The number of thiophene rings is 1. The normalized spacial score (nSPS) is 19.6. The summed E-state index contributed by atoms with van der Waals surface area (Å²) in [6.07, 6.45) is 5.86. The monoisotopic (exact) mass is 290 g/mol. The van der Waals surface area contributed by atoms with Crippen LogP contribution in [0.2, 0.25) is 0 Å². The van der Waals surface area contributed by atoms with Crippen molar-refractivity contribution in [1.82, 2.24) is 10.3 Å². The molecule has 0 saturated heterocycles. The Balaban J connectivity index is 1.78. The Hall–Kier alpha value is -1.26. The molecule has 0 saturated carbocycles. The van der Waals surface area contributed by atoms with E-state index in [9.17, 15) is 4.39 Å². The second kappa shape index (κ2) is 6.02. The minimum atomic E-state index is -0.276. The van der Waals surface area contributed by atoms with Gasteiger partial charge in [0.25, 0.3) is 0 Å². The summed E-state index contributed by atoms with van der Waals surface area (Å²) < 4.78 is 13.0. The number of nitrogens with one attached hydrogen (secondary N) is 1. The summed E-state index contributed by atoms with van der Waals surface area (Å²) in [7, 11) is 0. The third kappa shape index (κ3) is 2.76.